The van der Waals surface area contributed by atoms with Crippen LogP contribution < -0.4 is 10.2 Å². The number of hydrogen-bond acceptors (Lipinski definition) is 2. The lowest BCUT2D eigenvalue weighted by atomic mass is 9.98. The Labute approximate surface area is 118 Å². The van der Waals surface area contributed by atoms with Crippen LogP contribution in [0, 0.1) is 0 Å². The number of para-hydroxylation sites is 1. The van der Waals surface area contributed by atoms with Gasteiger partial charge in [-0.05, 0) is 43.4 Å². The summed E-state index contributed by atoms with van der Waals surface area (Å²) in [6, 6.07) is 7.47. The van der Waals surface area contributed by atoms with E-state index in [1.807, 2.05) is 0 Å². The largest absolute Gasteiger partial charge is 0.370 e. The number of rotatable bonds is 5. The topological polar surface area (TPSA) is 15.3 Å². The third kappa shape index (κ3) is 3.30. The molecule has 1 aromatic rings. The molecule has 0 spiro atoms. The molecule has 19 heavy (non-hydrogen) atoms. The monoisotopic (exact) mass is 260 g/mol. The first-order valence-electron chi connectivity index (χ1n) is 7.89. The van der Waals surface area contributed by atoms with Gasteiger partial charge in [-0.3, -0.25) is 0 Å². The van der Waals surface area contributed by atoms with E-state index >= 15 is 0 Å². The van der Waals surface area contributed by atoms with E-state index in [4.69, 9.17) is 0 Å². The van der Waals surface area contributed by atoms with E-state index in [0.717, 1.165) is 25.9 Å². The highest BCUT2D eigenvalue weighted by Crippen LogP contribution is 2.29. The molecule has 0 radical (unpaired) electrons. The van der Waals surface area contributed by atoms with Crippen molar-refractivity contribution in [3.8, 4) is 0 Å². The van der Waals surface area contributed by atoms with E-state index in [0.29, 0.717) is 6.04 Å². The van der Waals surface area contributed by atoms with Crippen LogP contribution in [0.4, 0.5) is 5.69 Å². The molecule has 0 amide bonds. The Morgan fingerprint density at radius 3 is 2.42 bits per heavy atom. The summed E-state index contributed by atoms with van der Waals surface area (Å²) in [4.78, 5) is 2.62. The Morgan fingerprint density at radius 1 is 1.16 bits per heavy atom. The summed E-state index contributed by atoms with van der Waals surface area (Å²) in [5, 5.41) is 3.62. The molecule has 1 heterocycles. The summed E-state index contributed by atoms with van der Waals surface area (Å²) in [5.74, 6) is 0. The van der Waals surface area contributed by atoms with Crippen LogP contribution in [0.25, 0.3) is 0 Å². The number of likely N-dealkylation sites (N-methyl/N-ethyl adjacent to an activating group) is 1. The second kappa shape index (κ2) is 6.95. The molecule has 0 aliphatic carbocycles. The maximum atomic E-state index is 3.62. The first-order valence-corrected chi connectivity index (χ1v) is 7.89. The van der Waals surface area contributed by atoms with Crippen molar-refractivity contribution >= 4 is 5.69 Å². The van der Waals surface area contributed by atoms with Gasteiger partial charge in [0.1, 0.15) is 0 Å². The molecule has 2 rings (SSSR count). The molecular formula is C17H28N2. The van der Waals surface area contributed by atoms with Crippen molar-refractivity contribution in [1.82, 2.24) is 5.32 Å². The average molecular weight is 260 g/mol. The van der Waals surface area contributed by atoms with E-state index < -0.39 is 0 Å². The number of aryl methyl sites for hydroxylation is 2. The van der Waals surface area contributed by atoms with Crippen LogP contribution in [0.15, 0.2) is 18.2 Å². The number of hydrogen-bond donors (Lipinski definition) is 1. The van der Waals surface area contributed by atoms with Gasteiger partial charge in [0.2, 0.25) is 0 Å². The first-order chi connectivity index (χ1) is 9.30. The van der Waals surface area contributed by atoms with Gasteiger partial charge in [0.15, 0.2) is 0 Å². The summed E-state index contributed by atoms with van der Waals surface area (Å²) in [6.07, 6.45) is 4.88. The molecule has 1 unspecified atom stereocenters. The molecule has 0 saturated carbocycles. The number of nitrogens with zero attached hydrogens (tertiary/aromatic N) is 1. The second-order valence-electron chi connectivity index (χ2n) is 5.47. The quantitative estimate of drug-likeness (QED) is 0.873. The van der Waals surface area contributed by atoms with Crippen molar-refractivity contribution in [3.63, 3.8) is 0 Å². The van der Waals surface area contributed by atoms with Crippen LogP contribution in [-0.4, -0.2) is 25.7 Å². The zero-order valence-electron chi connectivity index (χ0n) is 12.7. The zero-order chi connectivity index (χ0) is 13.7. The fraction of sp³-hybridized carbons (Fsp3) is 0.647. The Balaban J connectivity index is 2.24. The van der Waals surface area contributed by atoms with Gasteiger partial charge in [-0.1, -0.05) is 39.0 Å². The molecule has 2 nitrogen and oxygen atoms in total. The van der Waals surface area contributed by atoms with Crippen LogP contribution in [0.5, 0.6) is 0 Å². The predicted octanol–water partition coefficient (Wildman–Crippen LogP) is 3.39. The standard InChI is InChI=1S/C17H28N2/c1-4-14-9-7-10-15(5-2)17(14)19-12-8-11-16(13-19)18-6-3/h7,9-10,16,18H,4-6,8,11-13H2,1-3H3. The van der Waals surface area contributed by atoms with Crippen LogP contribution in [0.2, 0.25) is 0 Å². The van der Waals surface area contributed by atoms with Gasteiger partial charge < -0.3 is 10.2 Å². The van der Waals surface area contributed by atoms with E-state index in [1.54, 1.807) is 0 Å². The highest BCUT2D eigenvalue weighted by atomic mass is 15.2. The fourth-order valence-corrected chi connectivity index (χ4v) is 3.26. The van der Waals surface area contributed by atoms with Crippen molar-refractivity contribution in [2.24, 2.45) is 0 Å². The van der Waals surface area contributed by atoms with Gasteiger partial charge in [-0.2, -0.15) is 0 Å². The number of nitrogens with one attached hydrogen (secondary N) is 1. The van der Waals surface area contributed by atoms with Gasteiger partial charge in [-0.15, -0.1) is 0 Å². The van der Waals surface area contributed by atoms with Crippen molar-refractivity contribution in [2.75, 3.05) is 24.5 Å². The first kappa shape index (κ1) is 14.4. The number of piperidine rings is 1. The zero-order valence-corrected chi connectivity index (χ0v) is 12.7. The Bertz CT molecular complexity index is 376. The van der Waals surface area contributed by atoms with Crippen LogP contribution in [0.1, 0.15) is 44.7 Å². The molecule has 1 aliphatic rings. The molecule has 1 N–H and O–H groups in total. The van der Waals surface area contributed by atoms with Gasteiger partial charge in [0, 0.05) is 24.8 Å². The van der Waals surface area contributed by atoms with Gasteiger partial charge in [0.25, 0.3) is 0 Å². The van der Waals surface area contributed by atoms with Crippen molar-refractivity contribution in [2.45, 2.75) is 52.5 Å². The highest BCUT2D eigenvalue weighted by molar-refractivity contribution is 5.60. The van der Waals surface area contributed by atoms with E-state index in [-0.39, 0.29) is 0 Å². The van der Waals surface area contributed by atoms with Crippen molar-refractivity contribution in [1.29, 1.82) is 0 Å². The highest BCUT2D eigenvalue weighted by Gasteiger charge is 2.22. The van der Waals surface area contributed by atoms with Crippen LogP contribution in [0.3, 0.4) is 0 Å². The number of benzene rings is 1. The minimum absolute atomic E-state index is 0.661. The summed E-state index contributed by atoms with van der Waals surface area (Å²) >= 11 is 0. The summed E-state index contributed by atoms with van der Waals surface area (Å²) in [6.45, 7) is 10.2. The third-order valence-corrected chi connectivity index (χ3v) is 4.20. The summed E-state index contributed by atoms with van der Waals surface area (Å²) < 4.78 is 0. The van der Waals surface area contributed by atoms with Gasteiger partial charge >= 0.3 is 0 Å². The molecule has 2 heteroatoms. The summed E-state index contributed by atoms with van der Waals surface area (Å²) in [5.41, 5.74) is 4.54. The minimum atomic E-state index is 0.661. The smallest absolute Gasteiger partial charge is 0.0431 e. The molecule has 106 valence electrons. The molecule has 0 bridgehead atoms. The van der Waals surface area contributed by atoms with Crippen LogP contribution in [-0.2, 0) is 12.8 Å². The SMILES string of the molecule is CCNC1CCCN(c2c(CC)cccc2CC)C1. The normalized spacial score (nSPS) is 19.7. The van der Waals surface area contributed by atoms with Crippen LogP contribution >= 0.6 is 0 Å². The molecule has 1 aliphatic heterocycles. The van der Waals surface area contributed by atoms with E-state index in [2.05, 4.69) is 49.2 Å². The molecule has 0 aromatic heterocycles. The van der Waals surface area contributed by atoms with Crippen molar-refractivity contribution in [3.05, 3.63) is 29.3 Å². The Kier molecular flexibility index (Phi) is 5.26. The maximum Gasteiger partial charge on any atom is 0.0431 e. The molecule has 1 atom stereocenters. The molecule has 1 saturated heterocycles. The Hall–Kier alpha value is -1.02. The summed E-state index contributed by atoms with van der Waals surface area (Å²) in [7, 11) is 0. The lowest BCUT2D eigenvalue weighted by molar-refractivity contribution is 0.430. The molecule has 1 fully saturated rings. The second-order valence-corrected chi connectivity index (χ2v) is 5.47. The lowest BCUT2D eigenvalue weighted by Gasteiger charge is -2.37. The number of anilines is 1. The Morgan fingerprint density at radius 2 is 1.84 bits per heavy atom. The fourth-order valence-electron chi connectivity index (χ4n) is 3.26. The minimum Gasteiger partial charge on any atom is -0.370 e. The lowest BCUT2D eigenvalue weighted by Crippen LogP contribution is -2.46. The molecule has 1 aromatic carbocycles. The van der Waals surface area contributed by atoms with E-state index in [1.165, 1.54) is 36.2 Å². The van der Waals surface area contributed by atoms with Crippen molar-refractivity contribution < 1.29 is 0 Å². The van der Waals surface area contributed by atoms with E-state index in [9.17, 15) is 0 Å². The predicted molar refractivity (Wildman–Crippen MR) is 84.1 cm³/mol. The third-order valence-electron chi connectivity index (χ3n) is 4.20. The maximum absolute atomic E-state index is 3.62. The van der Waals surface area contributed by atoms with Gasteiger partial charge in [-0.25, -0.2) is 0 Å². The molecular weight excluding hydrogens is 232 g/mol. The average Bonchev–Trinajstić information content (AvgIpc) is 2.47. The van der Waals surface area contributed by atoms with Gasteiger partial charge in [0.05, 0.1) is 0 Å².